The van der Waals surface area contributed by atoms with E-state index in [1.54, 1.807) is 13.8 Å². The Hall–Kier alpha value is -0.200. The van der Waals surface area contributed by atoms with Crippen LogP contribution in [-0.4, -0.2) is 55.5 Å². The first kappa shape index (κ1) is 26.4. The molecular formula is C30H52O5. The molecule has 4 saturated carbocycles. The van der Waals surface area contributed by atoms with Crippen molar-refractivity contribution in [2.24, 2.45) is 39.4 Å². The molecule has 0 spiro atoms. The summed E-state index contributed by atoms with van der Waals surface area (Å²) in [5.74, 6) is 0.553. The average Bonchev–Trinajstić information content (AvgIpc) is 3.29. The number of fused-ring (bicyclic) bond motifs is 5. The van der Waals surface area contributed by atoms with Crippen LogP contribution in [-0.2, 0) is 4.74 Å². The van der Waals surface area contributed by atoms with Gasteiger partial charge in [-0.1, -0.05) is 34.6 Å². The Kier molecular flexibility index (Phi) is 5.63. The molecule has 0 radical (unpaired) electrons. The van der Waals surface area contributed by atoms with Crippen molar-refractivity contribution in [1.29, 1.82) is 0 Å². The number of rotatable bonds is 2. The van der Waals surface area contributed by atoms with Crippen LogP contribution in [0, 0.1) is 39.4 Å². The van der Waals surface area contributed by atoms with Crippen LogP contribution in [0.1, 0.15) is 113 Å². The van der Waals surface area contributed by atoms with E-state index in [0.29, 0.717) is 31.1 Å². The van der Waals surface area contributed by atoms with Gasteiger partial charge < -0.3 is 25.2 Å². The van der Waals surface area contributed by atoms with Gasteiger partial charge in [0.15, 0.2) is 0 Å². The second-order valence-corrected chi connectivity index (χ2v) is 15.6. The van der Waals surface area contributed by atoms with Crippen molar-refractivity contribution in [2.75, 3.05) is 0 Å². The molecule has 202 valence electrons. The Morgan fingerprint density at radius 1 is 0.771 bits per heavy atom. The lowest BCUT2D eigenvalue weighted by atomic mass is 9.35. The third-order valence-electron chi connectivity index (χ3n) is 13.4. The van der Waals surface area contributed by atoms with Gasteiger partial charge in [0, 0.05) is 5.92 Å². The van der Waals surface area contributed by atoms with Crippen molar-refractivity contribution in [3.63, 3.8) is 0 Å². The first-order valence-corrected chi connectivity index (χ1v) is 14.4. The van der Waals surface area contributed by atoms with Gasteiger partial charge in [0.2, 0.25) is 0 Å². The number of aliphatic hydroxyl groups is 4. The van der Waals surface area contributed by atoms with Crippen molar-refractivity contribution < 1.29 is 25.2 Å². The first-order chi connectivity index (χ1) is 15.9. The molecular weight excluding hydrogens is 440 g/mol. The normalized spacial score (nSPS) is 57.9. The van der Waals surface area contributed by atoms with Gasteiger partial charge in [0.25, 0.3) is 0 Å². The number of ether oxygens (including phenoxy) is 1. The molecule has 0 bridgehead atoms. The second-order valence-electron chi connectivity index (χ2n) is 15.6. The molecule has 4 aliphatic carbocycles. The van der Waals surface area contributed by atoms with E-state index < -0.39 is 22.9 Å². The fourth-order valence-electron chi connectivity index (χ4n) is 11.1. The van der Waals surface area contributed by atoms with E-state index in [9.17, 15) is 20.4 Å². The second kappa shape index (κ2) is 7.46. The van der Waals surface area contributed by atoms with E-state index >= 15 is 0 Å². The average molecular weight is 493 g/mol. The van der Waals surface area contributed by atoms with Crippen molar-refractivity contribution in [3.05, 3.63) is 0 Å². The smallest absolute Gasteiger partial charge is 0.0991 e. The molecule has 0 aromatic rings. The zero-order valence-corrected chi connectivity index (χ0v) is 23.5. The zero-order chi connectivity index (χ0) is 26.0. The van der Waals surface area contributed by atoms with Gasteiger partial charge in [-0.2, -0.15) is 0 Å². The third-order valence-corrected chi connectivity index (χ3v) is 13.4. The van der Waals surface area contributed by atoms with Crippen LogP contribution in [0.3, 0.4) is 0 Å². The van der Waals surface area contributed by atoms with Gasteiger partial charge in [0.05, 0.1) is 35.1 Å². The van der Waals surface area contributed by atoms with Gasteiger partial charge in [-0.15, -0.1) is 0 Å². The molecule has 5 nitrogen and oxygen atoms in total. The summed E-state index contributed by atoms with van der Waals surface area (Å²) >= 11 is 0. The molecule has 5 heteroatoms. The molecule has 1 heterocycles. The van der Waals surface area contributed by atoms with Gasteiger partial charge in [-0.3, -0.25) is 0 Å². The van der Waals surface area contributed by atoms with Crippen LogP contribution >= 0.6 is 0 Å². The molecule has 1 saturated heterocycles. The predicted octanol–water partition coefficient (Wildman–Crippen LogP) is 4.83. The van der Waals surface area contributed by atoms with E-state index in [1.807, 2.05) is 6.92 Å². The maximum Gasteiger partial charge on any atom is 0.0991 e. The molecule has 5 rings (SSSR count). The summed E-state index contributed by atoms with van der Waals surface area (Å²) in [5, 5.41) is 45.9. The lowest BCUT2D eigenvalue weighted by Gasteiger charge is -2.71. The van der Waals surface area contributed by atoms with E-state index in [1.165, 1.54) is 0 Å². The summed E-state index contributed by atoms with van der Waals surface area (Å²) < 4.78 is 6.52. The third kappa shape index (κ3) is 3.17. The highest BCUT2D eigenvalue weighted by Gasteiger charge is 2.75. The Morgan fingerprint density at radius 3 is 2.03 bits per heavy atom. The van der Waals surface area contributed by atoms with Crippen molar-refractivity contribution in [1.82, 2.24) is 0 Å². The van der Waals surface area contributed by atoms with Crippen LogP contribution in [0.5, 0.6) is 0 Å². The Bertz CT molecular complexity index is 865. The number of aliphatic hydroxyl groups excluding tert-OH is 2. The van der Waals surface area contributed by atoms with Crippen molar-refractivity contribution in [2.45, 2.75) is 148 Å². The summed E-state index contributed by atoms with van der Waals surface area (Å²) in [6.07, 6.45) is 6.50. The zero-order valence-electron chi connectivity index (χ0n) is 23.5. The molecule has 0 aromatic carbocycles. The summed E-state index contributed by atoms with van der Waals surface area (Å²) in [6, 6.07) is 0. The maximum atomic E-state index is 12.5. The summed E-state index contributed by atoms with van der Waals surface area (Å²) in [4.78, 5) is 0. The highest BCUT2D eigenvalue weighted by molar-refractivity contribution is 5.25. The fourth-order valence-corrected chi connectivity index (χ4v) is 11.1. The lowest BCUT2D eigenvalue weighted by molar-refractivity contribution is -0.277. The summed E-state index contributed by atoms with van der Waals surface area (Å²) in [7, 11) is 0. The van der Waals surface area contributed by atoms with E-state index in [-0.39, 0.29) is 39.8 Å². The molecule has 11 unspecified atom stereocenters. The van der Waals surface area contributed by atoms with Crippen LogP contribution < -0.4 is 0 Å². The van der Waals surface area contributed by atoms with E-state index in [0.717, 1.165) is 38.5 Å². The quantitative estimate of drug-likeness (QED) is 0.443. The summed E-state index contributed by atoms with van der Waals surface area (Å²) in [5.41, 5.74) is -3.08. The standard InChI is InChI=1S/C30H52O5/c1-24(2)19-9-13-27(6)20(26(19,5)12-10-21(24)32)17-18(31)23-28(27,7)15-16-30(23,34)29(8)14-11-22(35-29)25(3,4)33/h18-23,31-34H,9-17H2,1-8H3. The monoisotopic (exact) mass is 492 g/mol. The predicted molar refractivity (Wildman–Crippen MR) is 137 cm³/mol. The number of hydrogen-bond donors (Lipinski definition) is 4. The van der Waals surface area contributed by atoms with E-state index in [2.05, 4.69) is 34.6 Å². The summed E-state index contributed by atoms with van der Waals surface area (Å²) in [6.45, 7) is 17.3. The lowest BCUT2D eigenvalue weighted by Crippen LogP contribution is -2.69. The Labute approximate surface area is 213 Å². The molecule has 0 amide bonds. The fraction of sp³-hybridized carbons (Fsp3) is 1.00. The molecule has 5 fully saturated rings. The molecule has 5 aliphatic rings. The number of hydrogen-bond acceptors (Lipinski definition) is 5. The van der Waals surface area contributed by atoms with Crippen LogP contribution in [0.2, 0.25) is 0 Å². The van der Waals surface area contributed by atoms with E-state index in [4.69, 9.17) is 4.74 Å². The topological polar surface area (TPSA) is 90.2 Å². The minimum absolute atomic E-state index is 0.00954. The molecule has 4 N–H and O–H groups in total. The SMILES string of the molecule is CC(C)(O)C1CCC(C)(C2(O)CCC3(C)C2C(O)CC2C4(C)CCC(O)C(C)(C)C4CCC23C)O1. The highest BCUT2D eigenvalue weighted by Crippen LogP contribution is 2.76. The van der Waals surface area contributed by atoms with Crippen molar-refractivity contribution in [3.8, 4) is 0 Å². The minimum Gasteiger partial charge on any atom is -0.393 e. The molecule has 35 heavy (non-hydrogen) atoms. The Balaban J connectivity index is 1.52. The van der Waals surface area contributed by atoms with Gasteiger partial charge in [0.1, 0.15) is 0 Å². The van der Waals surface area contributed by atoms with Crippen LogP contribution in [0.15, 0.2) is 0 Å². The Morgan fingerprint density at radius 2 is 1.43 bits per heavy atom. The van der Waals surface area contributed by atoms with Gasteiger partial charge in [-0.05, 0) is 112 Å². The largest absolute Gasteiger partial charge is 0.393 e. The molecule has 0 aromatic heterocycles. The highest BCUT2D eigenvalue weighted by atomic mass is 16.5. The molecule has 1 aliphatic heterocycles. The van der Waals surface area contributed by atoms with Crippen LogP contribution in [0.4, 0.5) is 0 Å². The minimum atomic E-state index is -1.12. The van der Waals surface area contributed by atoms with Crippen LogP contribution in [0.25, 0.3) is 0 Å². The maximum absolute atomic E-state index is 12.5. The van der Waals surface area contributed by atoms with Crippen molar-refractivity contribution >= 4 is 0 Å². The first-order valence-electron chi connectivity index (χ1n) is 14.4. The van der Waals surface area contributed by atoms with Gasteiger partial charge >= 0.3 is 0 Å². The molecule has 11 atom stereocenters. The van der Waals surface area contributed by atoms with Gasteiger partial charge in [-0.25, -0.2) is 0 Å².